The highest BCUT2D eigenvalue weighted by Gasteiger charge is 2.27. The molecule has 1 aromatic carbocycles. The minimum absolute atomic E-state index is 0.00196. The van der Waals surface area contributed by atoms with Gasteiger partial charge in [0.2, 0.25) is 15.9 Å². The molecule has 1 aliphatic rings. The van der Waals surface area contributed by atoms with Gasteiger partial charge in [0.05, 0.1) is 22.5 Å². The van der Waals surface area contributed by atoms with Crippen LogP contribution in [0.4, 0.5) is 11.5 Å². The molecule has 3 aromatic rings. The lowest BCUT2D eigenvalue weighted by Crippen LogP contribution is -2.53. The topological polar surface area (TPSA) is 139 Å². The summed E-state index contributed by atoms with van der Waals surface area (Å²) in [5.74, 6) is 0.693. The lowest BCUT2D eigenvalue weighted by atomic mass is 10.2. The van der Waals surface area contributed by atoms with Crippen LogP contribution in [0, 0.1) is 0 Å². The number of nitrogens with one attached hydrogen (secondary N) is 1. The Morgan fingerprint density at radius 3 is 2.45 bits per heavy atom. The van der Waals surface area contributed by atoms with Crippen LogP contribution in [0.15, 0.2) is 41.7 Å². The van der Waals surface area contributed by atoms with Crippen molar-refractivity contribution >= 4 is 38.5 Å². The molecule has 3 heterocycles. The molecule has 1 unspecified atom stereocenters. The zero-order valence-electron chi connectivity index (χ0n) is 17.3. The van der Waals surface area contributed by atoms with Crippen LogP contribution in [0.5, 0.6) is 0 Å². The smallest absolute Gasteiger partial charge is 0.241 e. The zero-order chi connectivity index (χ0) is 22.2. The molecular formula is C19H24N8O3S. The van der Waals surface area contributed by atoms with E-state index >= 15 is 0 Å². The van der Waals surface area contributed by atoms with Crippen LogP contribution in [0.1, 0.15) is 6.92 Å². The Morgan fingerprint density at radius 1 is 1.13 bits per heavy atom. The molecule has 1 amide bonds. The van der Waals surface area contributed by atoms with E-state index in [1.165, 1.54) is 24.3 Å². The minimum atomic E-state index is -3.76. The quantitative estimate of drug-likeness (QED) is 0.567. The summed E-state index contributed by atoms with van der Waals surface area (Å²) in [6.07, 6.45) is 3.32. The van der Waals surface area contributed by atoms with Crippen molar-refractivity contribution in [1.82, 2.24) is 24.6 Å². The van der Waals surface area contributed by atoms with Crippen molar-refractivity contribution < 1.29 is 13.2 Å². The average Bonchev–Trinajstić information content (AvgIpc) is 3.14. The number of piperazine rings is 1. The van der Waals surface area contributed by atoms with Gasteiger partial charge < -0.3 is 10.2 Å². The van der Waals surface area contributed by atoms with Crippen molar-refractivity contribution in [3.8, 4) is 0 Å². The number of nitrogens with zero attached hydrogens (tertiary/aromatic N) is 6. The number of hydrogen-bond acceptors (Lipinski definition) is 8. The molecule has 12 heteroatoms. The summed E-state index contributed by atoms with van der Waals surface area (Å²) >= 11 is 0. The third kappa shape index (κ3) is 4.36. The lowest BCUT2D eigenvalue weighted by Gasteiger charge is -2.38. The van der Waals surface area contributed by atoms with Gasteiger partial charge in [-0.25, -0.2) is 23.5 Å². The molecule has 4 rings (SSSR count). The Bertz CT molecular complexity index is 1200. The van der Waals surface area contributed by atoms with Gasteiger partial charge in [0.1, 0.15) is 12.1 Å². The maximum atomic E-state index is 12.7. The Kier molecular flexibility index (Phi) is 5.60. The van der Waals surface area contributed by atoms with E-state index in [-0.39, 0.29) is 16.8 Å². The maximum Gasteiger partial charge on any atom is 0.241 e. The van der Waals surface area contributed by atoms with Crippen molar-refractivity contribution in [3.05, 3.63) is 36.8 Å². The second-order valence-electron chi connectivity index (χ2n) is 7.46. The van der Waals surface area contributed by atoms with Crippen molar-refractivity contribution in [3.63, 3.8) is 0 Å². The molecule has 0 saturated carbocycles. The summed E-state index contributed by atoms with van der Waals surface area (Å²) in [5, 5.41) is 13.1. The van der Waals surface area contributed by atoms with Gasteiger partial charge in [-0.05, 0) is 31.2 Å². The predicted octanol–water partition coefficient (Wildman–Crippen LogP) is 0.160. The van der Waals surface area contributed by atoms with E-state index in [9.17, 15) is 13.2 Å². The van der Waals surface area contributed by atoms with E-state index in [1.54, 1.807) is 17.2 Å². The second-order valence-corrected chi connectivity index (χ2v) is 9.02. The van der Waals surface area contributed by atoms with Crippen LogP contribution in [0.3, 0.4) is 0 Å². The molecule has 0 radical (unpaired) electrons. The standard InChI is InChI=1S/C19H24N8O3S/c1-13(19(28)24-14-3-5-15(6-4-14)31(20,29)30)26-7-9-27(10-8-26)18-16-11-23-25(2)17(16)21-12-22-18/h3-6,11-13H,7-10H2,1-2H3,(H,24,28)(H2,20,29,30). The number of benzene rings is 1. The number of aromatic nitrogens is 4. The maximum absolute atomic E-state index is 12.7. The molecular weight excluding hydrogens is 420 g/mol. The summed E-state index contributed by atoms with van der Waals surface area (Å²) < 4.78 is 24.4. The fourth-order valence-electron chi connectivity index (χ4n) is 3.66. The van der Waals surface area contributed by atoms with Crippen molar-refractivity contribution in [2.75, 3.05) is 36.4 Å². The minimum Gasteiger partial charge on any atom is -0.353 e. The number of amides is 1. The number of primary sulfonamides is 1. The molecule has 11 nitrogen and oxygen atoms in total. The Hall–Kier alpha value is -3.09. The summed E-state index contributed by atoms with van der Waals surface area (Å²) in [6, 6.07) is 5.45. The van der Waals surface area contributed by atoms with Gasteiger partial charge in [-0.1, -0.05) is 0 Å². The average molecular weight is 445 g/mol. The fraction of sp³-hybridized carbons (Fsp3) is 0.368. The van der Waals surface area contributed by atoms with E-state index in [2.05, 4.69) is 30.2 Å². The number of anilines is 2. The van der Waals surface area contributed by atoms with Crippen LogP contribution in [0.25, 0.3) is 11.0 Å². The molecule has 31 heavy (non-hydrogen) atoms. The van der Waals surface area contributed by atoms with Gasteiger partial charge >= 0.3 is 0 Å². The largest absolute Gasteiger partial charge is 0.353 e. The Balaban J connectivity index is 1.37. The molecule has 3 N–H and O–H groups in total. The number of sulfonamides is 1. The van der Waals surface area contributed by atoms with Gasteiger partial charge in [-0.3, -0.25) is 14.4 Å². The molecule has 164 valence electrons. The van der Waals surface area contributed by atoms with Crippen molar-refractivity contribution in [2.24, 2.45) is 12.2 Å². The van der Waals surface area contributed by atoms with Crippen molar-refractivity contribution in [2.45, 2.75) is 17.9 Å². The molecule has 2 aromatic heterocycles. The van der Waals surface area contributed by atoms with E-state index in [0.29, 0.717) is 18.8 Å². The van der Waals surface area contributed by atoms with Crippen LogP contribution in [-0.4, -0.2) is 71.2 Å². The van der Waals surface area contributed by atoms with E-state index < -0.39 is 10.0 Å². The van der Waals surface area contributed by atoms with Crippen LogP contribution < -0.4 is 15.4 Å². The first-order valence-electron chi connectivity index (χ1n) is 9.79. The monoisotopic (exact) mass is 444 g/mol. The van der Waals surface area contributed by atoms with Crippen LogP contribution in [0.2, 0.25) is 0 Å². The molecule has 1 aliphatic heterocycles. The third-order valence-corrected chi connectivity index (χ3v) is 6.43. The summed E-state index contributed by atoms with van der Waals surface area (Å²) in [5.41, 5.74) is 1.30. The SMILES string of the molecule is CC(C(=O)Nc1ccc(S(N)(=O)=O)cc1)N1CCN(c2ncnc3c2cnn3C)CC1. The van der Waals surface area contributed by atoms with Gasteiger partial charge in [-0.2, -0.15) is 5.10 Å². The number of fused-ring (bicyclic) bond motifs is 1. The van der Waals surface area contributed by atoms with E-state index in [0.717, 1.165) is 29.9 Å². The molecule has 1 saturated heterocycles. The number of carbonyl (C=O) groups is 1. The fourth-order valence-corrected chi connectivity index (χ4v) is 4.18. The normalized spacial score (nSPS) is 16.4. The Morgan fingerprint density at radius 2 is 1.81 bits per heavy atom. The van der Waals surface area contributed by atoms with E-state index in [1.807, 2.05) is 14.0 Å². The number of rotatable bonds is 5. The number of nitrogens with two attached hydrogens (primary N) is 1. The van der Waals surface area contributed by atoms with Crippen molar-refractivity contribution in [1.29, 1.82) is 0 Å². The highest BCUT2D eigenvalue weighted by atomic mass is 32.2. The summed E-state index contributed by atoms with van der Waals surface area (Å²) in [7, 11) is -1.91. The predicted molar refractivity (Wildman–Crippen MR) is 116 cm³/mol. The van der Waals surface area contributed by atoms with Gasteiger partial charge in [-0.15, -0.1) is 0 Å². The molecule has 0 spiro atoms. The van der Waals surface area contributed by atoms with E-state index in [4.69, 9.17) is 5.14 Å². The summed E-state index contributed by atoms with van der Waals surface area (Å²) in [6.45, 7) is 4.70. The molecule has 0 bridgehead atoms. The first-order chi connectivity index (χ1) is 14.7. The van der Waals surface area contributed by atoms with Crippen LogP contribution >= 0.6 is 0 Å². The molecule has 1 atom stereocenters. The highest BCUT2D eigenvalue weighted by Crippen LogP contribution is 2.23. The number of aryl methyl sites for hydroxylation is 1. The van der Waals surface area contributed by atoms with Crippen LogP contribution in [-0.2, 0) is 21.9 Å². The molecule has 0 aliphatic carbocycles. The zero-order valence-corrected chi connectivity index (χ0v) is 18.1. The molecule has 1 fully saturated rings. The first kappa shape index (κ1) is 21.2. The lowest BCUT2D eigenvalue weighted by molar-refractivity contribution is -0.120. The number of hydrogen-bond donors (Lipinski definition) is 2. The third-order valence-electron chi connectivity index (χ3n) is 5.50. The highest BCUT2D eigenvalue weighted by molar-refractivity contribution is 7.89. The van der Waals surface area contributed by atoms with Gasteiger partial charge in [0.25, 0.3) is 0 Å². The number of carbonyl (C=O) groups excluding carboxylic acids is 1. The van der Waals surface area contributed by atoms with Gasteiger partial charge in [0, 0.05) is 38.9 Å². The van der Waals surface area contributed by atoms with Gasteiger partial charge in [0.15, 0.2) is 5.65 Å². The Labute approximate surface area is 179 Å². The second kappa shape index (κ2) is 8.21. The summed E-state index contributed by atoms with van der Waals surface area (Å²) in [4.78, 5) is 25.7. The first-order valence-corrected chi connectivity index (χ1v) is 11.3.